The number of benzene rings is 1. The van der Waals surface area contributed by atoms with Crippen LogP contribution in [0.1, 0.15) is 37.0 Å². The maximum atomic E-state index is 12.7. The van der Waals surface area contributed by atoms with Gasteiger partial charge in [0, 0.05) is 26.6 Å². The van der Waals surface area contributed by atoms with Gasteiger partial charge in [-0.1, -0.05) is 12.1 Å². The van der Waals surface area contributed by atoms with E-state index >= 15 is 0 Å². The third kappa shape index (κ3) is 3.40. The minimum absolute atomic E-state index is 0.0101. The average Bonchev–Trinajstić information content (AvgIpc) is 3.27. The van der Waals surface area contributed by atoms with Gasteiger partial charge in [-0.25, -0.2) is 14.8 Å². The molecule has 1 unspecified atom stereocenters. The van der Waals surface area contributed by atoms with Crippen LogP contribution in [-0.4, -0.2) is 48.8 Å². The lowest BCUT2D eigenvalue weighted by molar-refractivity contribution is 0.148. The zero-order valence-electron chi connectivity index (χ0n) is 14.9. The summed E-state index contributed by atoms with van der Waals surface area (Å²) >= 11 is 0. The molecule has 0 spiro atoms. The molecular weight excluding hydrogens is 330 g/mol. The first-order valence-electron chi connectivity index (χ1n) is 9.04. The van der Waals surface area contributed by atoms with Gasteiger partial charge < -0.3 is 15.2 Å². The molecule has 0 radical (unpaired) electrons. The van der Waals surface area contributed by atoms with Gasteiger partial charge in [0.2, 0.25) is 0 Å². The van der Waals surface area contributed by atoms with Crippen LogP contribution in [0.25, 0.3) is 11.0 Å². The molecule has 26 heavy (non-hydrogen) atoms. The lowest BCUT2D eigenvalue weighted by Crippen LogP contribution is -2.45. The first-order valence-corrected chi connectivity index (χ1v) is 9.04. The number of carbonyl (C=O) groups is 1. The van der Waals surface area contributed by atoms with Crippen molar-refractivity contribution >= 4 is 17.1 Å². The molecule has 136 valence electrons. The van der Waals surface area contributed by atoms with Gasteiger partial charge in [0.1, 0.15) is 12.2 Å². The third-order valence-electron chi connectivity index (χ3n) is 4.76. The summed E-state index contributed by atoms with van der Waals surface area (Å²) in [7, 11) is 1.83. The van der Waals surface area contributed by atoms with E-state index in [1.807, 2.05) is 36.2 Å². The molecule has 0 aliphatic carbocycles. The molecule has 0 bridgehead atoms. The van der Waals surface area contributed by atoms with Crippen molar-refractivity contribution < 1.29 is 4.79 Å². The minimum Gasteiger partial charge on any atom is -0.340 e. The number of urea groups is 1. The van der Waals surface area contributed by atoms with Crippen LogP contribution in [0.3, 0.4) is 0 Å². The summed E-state index contributed by atoms with van der Waals surface area (Å²) in [5.41, 5.74) is 1.95. The molecule has 0 saturated carbocycles. The number of aromatic amines is 1. The smallest absolute Gasteiger partial charge is 0.318 e. The second-order valence-corrected chi connectivity index (χ2v) is 6.66. The summed E-state index contributed by atoms with van der Waals surface area (Å²) < 4.78 is 1.67. The number of nitrogens with one attached hydrogen (secondary N) is 2. The van der Waals surface area contributed by atoms with Crippen molar-refractivity contribution in [3.05, 3.63) is 42.2 Å². The van der Waals surface area contributed by atoms with Crippen molar-refractivity contribution in [2.24, 2.45) is 7.05 Å². The van der Waals surface area contributed by atoms with E-state index in [2.05, 4.69) is 20.4 Å². The molecule has 1 saturated heterocycles. The zero-order chi connectivity index (χ0) is 17.9. The van der Waals surface area contributed by atoms with Crippen molar-refractivity contribution in [3.63, 3.8) is 0 Å². The molecule has 3 heterocycles. The van der Waals surface area contributed by atoms with Gasteiger partial charge in [-0.3, -0.25) is 4.68 Å². The molecule has 1 aromatic carbocycles. The van der Waals surface area contributed by atoms with Crippen molar-refractivity contribution in [1.29, 1.82) is 0 Å². The van der Waals surface area contributed by atoms with Gasteiger partial charge in [-0.05, 0) is 31.4 Å². The highest BCUT2D eigenvalue weighted by Gasteiger charge is 2.30. The van der Waals surface area contributed by atoms with Gasteiger partial charge in [-0.15, -0.1) is 0 Å². The predicted molar refractivity (Wildman–Crippen MR) is 97.5 cm³/mol. The fourth-order valence-corrected chi connectivity index (χ4v) is 3.47. The van der Waals surface area contributed by atoms with Crippen LogP contribution in [0.5, 0.6) is 0 Å². The van der Waals surface area contributed by atoms with E-state index in [9.17, 15) is 4.79 Å². The van der Waals surface area contributed by atoms with E-state index in [0.717, 1.165) is 48.5 Å². The molecule has 1 fully saturated rings. The van der Waals surface area contributed by atoms with Crippen LogP contribution < -0.4 is 5.32 Å². The van der Waals surface area contributed by atoms with Crippen LogP contribution in [0.4, 0.5) is 4.79 Å². The van der Waals surface area contributed by atoms with E-state index in [1.54, 1.807) is 11.0 Å². The summed E-state index contributed by atoms with van der Waals surface area (Å²) in [6.07, 6.45) is 5.33. The molecule has 2 amide bonds. The number of piperidine rings is 1. The van der Waals surface area contributed by atoms with Crippen molar-refractivity contribution in [2.75, 3.05) is 13.1 Å². The molecule has 8 nitrogen and oxygen atoms in total. The van der Waals surface area contributed by atoms with Crippen LogP contribution in [0.2, 0.25) is 0 Å². The molecule has 1 aliphatic heterocycles. The number of likely N-dealkylation sites (tertiary alicyclic amines) is 1. The quantitative estimate of drug-likeness (QED) is 0.752. The number of rotatable bonds is 4. The Morgan fingerprint density at radius 2 is 2.23 bits per heavy atom. The summed E-state index contributed by atoms with van der Waals surface area (Å²) in [4.78, 5) is 26.9. The number of aryl methyl sites for hydroxylation is 1. The number of amides is 2. The summed E-state index contributed by atoms with van der Waals surface area (Å²) in [6.45, 7) is 1.27. The highest BCUT2D eigenvalue weighted by Crippen LogP contribution is 2.30. The predicted octanol–water partition coefficient (Wildman–Crippen LogP) is 2.17. The Morgan fingerprint density at radius 1 is 1.35 bits per heavy atom. The molecule has 1 atom stereocenters. The molecule has 2 aromatic heterocycles. The van der Waals surface area contributed by atoms with E-state index in [-0.39, 0.29) is 12.1 Å². The fourth-order valence-electron chi connectivity index (χ4n) is 3.47. The first-order chi connectivity index (χ1) is 12.7. The van der Waals surface area contributed by atoms with Crippen LogP contribution in [-0.2, 0) is 13.5 Å². The maximum Gasteiger partial charge on any atom is 0.318 e. The van der Waals surface area contributed by atoms with Crippen LogP contribution in [0.15, 0.2) is 30.6 Å². The SMILES string of the molecule is Cn1cnc(CCNC(=O)N2CCCCC2c2nc3ccccc3[nH]2)n1. The molecule has 3 aromatic rings. The largest absolute Gasteiger partial charge is 0.340 e. The Bertz CT molecular complexity index is 867. The van der Waals surface area contributed by atoms with Gasteiger partial charge in [0.05, 0.1) is 17.1 Å². The van der Waals surface area contributed by atoms with Gasteiger partial charge in [0.15, 0.2) is 5.82 Å². The summed E-state index contributed by atoms with van der Waals surface area (Å²) in [6, 6.07) is 7.90. The normalized spacial score (nSPS) is 17.6. The number of carbonyl (C=O) groups excluding carboxylic acids is 1. The van der Waals surface area contributed by atoms with E-state index in [1.165, 1.54) is 0 Å². The summed E-state index contributed by atoms with van der Waals surface area (Å²) in [5, 5.41) is 7.23. The molecule has 4 rings (SSSR count). The van der Waals surface area contributed by atoms with Gasteiger partial charge in [-0.2, -0.15) is 5.10 Å². The van der Waals surface area contributed by atoms with Gasteiger partial charge in [0.25, 0.3) is 0 Å². The lowest BCUT2D eigenvalue weighted by Gasteiger charge is -2.34. The molecule has 2 N–H and O–H groups in total. The molecule has 8 heteroatoms. The number of aromatic nitrogens is 5. The van der Waals surface area contributed by atoms with E-state index in [4.69, 9.17) is 4.98 Å². The second kappa shape index (κ2) is 7.15. The van der Waals surface area contributed by atoms with Crippen molar-refractivity contribution in [1.82, 2.24) is 34.9 Å². The number of hydrogen-bond donors (Lipinski definition) is 2. The fraction of sp³-hybridized carbons (Fsp3) is 0.444. The van der Waals surface area contributed by atoms with Crippen LogP contribution >= 0.6 is 0 Å². The Hall–Kier alpha value is -2.90. The number of fused-ring (bicyclic) bond motifs is 1. The standard InChI is InChI=1S/C18H23N7O/c1-24-12-20-16(23-24)9-10-19-18(26)25-11-5-4-8-15(25)17-21-13-6-2-3-7-14(13)22-17/h2-3,6-7,12,15H,4-5,8-11H2,1H3,(H,19,26)(H,21,22). The monoisotopic (exact) mass is 353 g/mol. The average molecular weight is 353 g/mol. The van der Waals surface area contributed by atoms with E-state index in [0.29, 0.717) is 13.0 Å². The Balaban J connectivity index is 1.43. The minimum atomic E-state index is -0.0499. The van der Waals surface area contributed by atoms with Crippen molar-refractivity contribution in [2.45, 2.75) is 31.7 Å². The second-order valence-electron chi connectivity index (χ2n) is 6.66. The number of imidazole rings is 1. The summed E-state index contributed by atoms with van der Waals surface area (Å²) in [5.74, 6) is 1.60. The van der Waals surface area contributed by atoms with E-state index < -0.39 is 0 Å². The molecule has 1 aliphatic rings. The Morgan fingerprint density at radius 3 is 3.04 bits per heavy atom. The Kier molecular flexibility index (Phi) is 4.55. The number of H-pyrrole nitrogens is 1. The number of nitrogens with zero attached hydrogens (tertiary/aromatic N) is 5. The lowest BCUT2D eigenvalue weighted by atomic mass is 10.0. The van der Waals surface area contributed by atoms with Crippen molar-refractivity contribution in [3.8, 4) is 0 Å². The van der Waals surface area contributed by atoms with Crippen LogP contribution in [0, 0.1) is 0 Å². The molecular formula is C18H23N7O. The number of para-hydroxylation sites is 2. The highest BCUT2D eigenvalue weighted by molar-refractivity contribution is 5.76. The van der Waals surface area contributed by atoms with Gasteiger partial charge >= 0.3 is 6.03 Å². The first kappa shape index (κ1) is 16.6. The third-order valence-corrected chi connectivity index (χ3v) is 4.76. The topological polar surface area (TPSA) is 91.7 Å². The Labute approximate surface area is 151 Å². The zero-order valence-corrected chi connectivity index (χ0v) is 14.9. The maximum absolute atomic E-state index is 12.7. The highest BCUT2D eigenvalue weighted by atomic mass is 16.2. The number of hydrogen-bond acceptors (Lipinski definition) is 4.